The minimum atomic E-state index is 0.542. The fourth-order valence-electron chi connectivity index (χ4n) is 5.14. The average molecular weight is 233 g/mol. The Morgan fingerprint density at radius 1 is 1.35 bits per heavy atom. The third kappa shape index (κ3) is 1.43. The Morgan fingerprint density at radius 2 is 2.12 bits per heavy atom. The van der Waals surface area contributed by atoms with Gasteiger partial charge in [-0.3, -0.25) is 0 Å². The standard InChI is InChI=1S/C15H23NO/c1-2-16-15(11-4-3-7-17-11)14-12-9-5-6-10(8-9)13(12)14/h4,9-10,12-16H,2-3,5-8H2,1H3. The molecule has 0 aromatic carbocycles. The van der Waals surface area contributed by atoms with Gasteiger partial charge in [0.2, 0.25) is 0 Å². The molecule has 4 aliphatic rings. The Morgan fingerprint density at radius 3 is 2.71 bits per heavy atom. The van der Waals surface area contributed by atoms with Crippen molar-refractivity contribution >= 4 is 0 Å². The molecule has 5 unspecified atom stereocenters. The van der Waals surface area contributed by atoms with E-state index in [-0.39, 0.29) is 0 Å². The highest BCUT2D eigenvalue weighted by Crippen LogP contribution is 2.70. The van der Waals surface area contributed by atoms with Crippen LogP contribution < -0.4 is 5.32 Å². The molecule has 2 nitrogen and oxygen atoms in total. The summed E-state index contributed by atoms with van der Waals surface area (Å²) in [7, 11) is 0. The third-order valence-corrected chi connectivity index (χ3v) is 5.64. The van der Waals surface area contributed by atoms with Crippen molar-refractivity contribution in [3.63, 3.8) is 0 Å². The molecule has 0 amide bonds. The molecule has 2 bridgehead atoms. The maximum atomic E-state index is 5.82. The first kappa shape index (κ1) is 10.4. The van der Waals surface area contributed by atoms with Crippen molar-refractivity contribution in [2.75, 3.05) is 13.2 Å². The van der Waals surface area contributed by atoms with E-state index in [1.54, 1.807) is 6.42 Å². The van der Waals surface area contributed by atoms with Gasteiger partial charge in [-0.15, -0.1) is 0 Å². The maximum absolute atomic E-state index is 5.82. The van der Waals surface area contributed by atoms with Gasteiger partial charge in [-0.2, -0.15) is 0 Å². The maximum Gasteiger partial charge on any atom is 0.109 e. The molecule has 1 N–H and O–H groups in total. The molecule has 94 valence electrons. The van der Waals surface area contributed by atoms with Crippen molar-refractivity contribution in [2.24, 2.45) is 29.6 Å². The first-order valence-electron chi connectivity index (χ1n) is 7.46. The van der Waals surface area contributed by atoms with E-state index in [0.29, 0.717) is 6.04 Å². The topological polar surface area (TPSA) is 21.3 Å². The van der Waals surface area contributed by atoms with E-state index in [1.165, 1.54) is 18.6 Å². The quantitative estimate of drug-likeness (QED) is 0.806. The largest absolute Gasteiger partial charge is 0.496 e. The smallest absolute Gasteiger partial charge is 0.109 e. The van der Waals surface area contributed by atoms with Crippen LogP contribution in [0.25, 0.3) is 0 Å². The normalized spacial score (nSPS) is 47.6. The Hall–Kier alpha value is -0.500. The summed E-state index contributed by atoms with van der Waals surface area (Å²) < 4.78 is 5.82. The Balaban J connectivity index is 1.53. The van der Waals surface area contributed by atoms with E-state index < -0.39 is 0 Å². The molecule has 17 heavy (non-hydrogen) atoms. The molecular formula is C15H23NO. The molecule has 3 fully saturated rings. The van der Waals surface area contributed by atoms with Crippen molar-refractivity contribution in [2.45, 2.75) is 38.6 Å². The molecule has 4 rings (SSSR count). The van der Waals surface area contributed by atoms with Crippen LogP contribution in [0, 0.1) is 29.6 Å². The van der Waals surface area contributed by atoms with Crippen molar-refractivity contribution in [3.8, 4) is 0 Å². The molecule has 0 spiro atoms. The zero-order valence-electron chi connectivity index (χ0n) is 10.7. The van der Waals surface area contributed by atoms with Crippen LogP contribution >= 0.6 is 0 Å². The van der Waals surface area contributed by atoms with E-state index >= 15 is 0 Å². The van der Waals surface area contributed by atoms with Crippen LogP contribution in [0.5, 0.6) is 0 Å². The van der Waals surface area contributed by atoms with E-state index in [4.69, 9.17) is 4.74 Å². The second-order valence-electron chi connectivity index (χ2n) is 6.34. The highest BCUT2D eigenvalue weighted by atomic mass is 16.5. The van der Waals surface area contributed by atoms with Crippen LogP contribution in [0.2, 0.25) is 0 Å². The van der Waals surface area contributed by atoms with Crippen LogP contribution in [0.1, 0.15) is 32.6 Å². The summed E-state index contributed by atoms with van der Waals surface area (Å²) in [5.74, 6) is 6.40. The van der Waals surface area contributed by atoms with E-state index in [9.17, 15) is 0 Å². The zero-order valence-corrected chi connectivity index (χ0v) is 10.7. The first-order chi connectivity index (χ1) is 8.40. The second kappa shape index (κ2) is 3.74. The number of rotatable bonds is 4. The predicted octanol–water partition coefficient (Wildman–Crippen LogP) is 2.56. The third-order valence-electron chi connectivity index (χ3n) is 5.64. The first-order valence-corrected chi connectivity index (χ1v) is 7.46. The molecule has 3 saturated carbocycles. The van der Waals surface area contributed by atoms with Crippen LogP contribution in [-0.4, -0.2) is 19.2 Å². The lowest BCUT2D eigenvalue weighted by Crippen LogP contribution is -2.35. The highest BCUT2D eigenvalue weighted by Gasteiger charge is 2.67. The van der Waals surface area contributed by atoms with E-state index in [0.717, 1.165) is 49.2 Å². The lowest BCUT2D eigenvalue weighted by molar-refractivity contribution is 0.200. The van der Waals surface area contributed by atoms with Crippen LogP contribution in [0.3, 0.4) is 0 Å². The Kier molecular flexibility index (Phi) is 2.30. The SMILES string of the molecule is CCNC(C1=CCCO1)C1C2C3CCC(C3)C21. The lowest BCUT2D eigenvalue weighted by Gasteiger charge is -2.22. The monoisotopic (exact) mass is 233 g/mol. The zero-order chi connectivity index (χ0) is 11.4. The van der Waals surface area contributed by atoms with Gasteiger partial charge in [0.05, 0.1) is 12.6 Å². The highest BCUT2D eigenvalue weighted by molar-refractivity contribution is 5.22. The summed E-state index contributed by atoms with van der Waals surface area (Å²) in [6.07, 6.45) is 8.02. The molecular weight excluding hydrogens is 210 g/mol. The Bertz CT molecular complexity index is 335. The summed E-state index contributed by atoms with van der Waals surface area (Å²) >= 11 is 0. The summed E-state index contributed by atoms with van der Waals surface area (Å²) in [5, 5.41) is 3.69. The molecule has 0 aromatic rings. The lowest BCUT2D eigenvalue weighted by atomic mass is 9.96. The molecule has 5 atom stereocenters. The van der Waals surface area contributed by atoms with E-state index in [2.05, 4.69) is 18.3 Å². The number of ether oxygens (including phenoxy) is 1. The summed E-state index contributed by atoms with van der Waals surface area (Å²) in [5.41, 5.74) is 0. The van der Waals surface area contributed by atoms with Gasteiger partial charge in [0.1, 0.15) is 5.76 Å². The van der Waals surface area contributed by atoms with Crippen LogP contribution in [0.15, 0.2) is 11.8 Å². The number of hydrogen-bond donors (Lipinski definition) is 1. The van der Waals surface area contributed by atoms with Crippen LogP contribution in [0.4, 0.5) is 0 Å². The molecule has 1 heterocycles. The molecule has 2 heteroatoms. The Labute approximate surface area is 104 Å². The minimum Gasteiger partial charge on any atom is -0.496 e. The molecule has 0 radical (unpaired) electrons. The number of fused-ring (bicyclic) bond motifs is 5. The van der Waals surface area contributed by atoms with Gasteiger partial charge < -0.3 is 10.1 Å². The van der Waals surface area contributed by atoms with Gasteiger partial charge in [0, 0.05) is 6.42 Å². The van der Waals surface area contributed by atoms with Crippen molar-refractivity contribution < 1.29 is 4.74 Å². The van der Waals surface area contributed by atoms with Gasteiger partial charge in [-0.1, -0.05) is 6.92 Å². The van der Waals surface area contributed by atoms with Crippen LogP contribution in [-0.2, 0) is 4.74 Å². The number of hydrogen-bond acceptors (Lipinski definition) is 2. The number of nitrogens with one attached hydrogen (secondary N) is 1. The van der Waals surface area contributed by atoms with Crippen molar-refractivity contribution in [3.05, 3.63) is 11.8 Å². The van der Waals surface area contributed by atoms with Gasteiger partial charge in [0.15, 0.2) is 0 Å². The molecule has 1 aliphatic heterocycles. The molecule has 0 aromatic heterocycles. The van der Waals surface area contributed by atoms with Gasteiger partial charge in [-0.05, 0) is 61.5 Å². The minimum absolute atomic E-state index is 0.542. The van der Waals surface area contributed by atoms with Gasteiger partial charge >= 0.3 is 0 Å². The number of likely N-dealkylation sites (N-methyl/N-ethyl adjacent to an activating group) is 1. The average Bonchev–Trinajstić information content (AvgIpc) is 2.82. The van der Waals surface area contributed by atoms with Gasteiger partial charge in [0.25, 0.3) is 0 Å². The fourth-order valence-corrected chi connectivity index (χ4v) is 5.14. The summed E-state index contributed by atoms with van der Waals surface area (Å²) in [6, 6.07) is 0.542. The van der Waals surface area contributed by atoms with E-state index in [1.807, 2.05) is 0 Å². The summed E-state index contributed by atoms with van der Waals surface area (Å²) in [4.78, 5) is 0. The predicted molar refractivity (Wildman–Crippen MR) is 67.4 cm³/mol. The molecule has 3 aliphatic carbocycles. The van der Waals surface area contributed by atoms with Crippen molar-refractivity contribution in [1.82, 2.24) is 5.32 Å². The molecule has 0 saturated heterocycles. The van der Waals surface area contributed by atoms with Crippen molar-refractivity contribution in [1.29, 1.82) is 0 Å². The fraction of sp³-hybridized carbons (Fsp3) is 0.867. The van der Waals surface area contributed by atoms with Gasteiger partial charge in [-0.25, -0.2) is 0 Å². The second-order valence-corrected chi connectivity index (χ2v) is 6.34. The summed E-state index contributed by atoms with van der Waals surface area (Å²) in [6.45, 7) is 4.19.